The number of aromatic nitrogens is 1. The summed E-state index contributed by atoms with van der Waals surface area (Å²) in [6, 6.07) is 8.80. The van der Waals surface area contributed by atoms with Gasteiger partial charge in [0.25, 0.3) is 0 Å². The predicted octanol–water partition coefficient (Wildman–Crippen LogP) is 2.94. The van der Waals surface area contributed by atoms with E-state index in [4.69, 9.17) is 0 Å². The highest BCUT2D eigenvalue weighted by Gasteiger charge is 2.22. The van der Waals surface area contributed by atoms with E-state index in [1.807, 2.05) is 6.07 Å². The molecule has 1 aromatic carbocycles. The van der Waals surface area contributed by atoms with Gasteiger partial charge in [-0.3, -0.25) is 9.78 Å². The molecule has 2 rings (SSSR count). The molecule has 0 unspecified atom stereocenters. The minimum absolute atomic E-state index is 0.106. The van der Waals surface area contributed by atoms with Gasteiger partial charge in [-0.25, -0.2) is 4.79 Å². The smallest absolute Gasteiger partial charge is 0.337 e. The number of hydrogen-bond donors (Lipinski definition) is 1. The van der Waals surface area contributed by atoms with Crippen LogP contribution in [0.15, 0.2) is 30.3 Å². The Morgan fingerprint density at radius 3 is 2.05 bits per heavy atom. The third kappa shape index (κ3) is 2.32. The summed E-state index contributed by atoms with van der Waals surface area (Å²) in [4.78, 5) is 28.1. The molecule has 0 aliphatic carbocycles. The van der Waals surface area contributed by atoms with Gasteiger partial charge in [0.05, 0.1) is 11.3 Å². The van der Waals surface area contributed by atoms with E-state index in [9.17, 15) is 14.7 Å². The van der Waals surface area contributed by atoms with E-state index in [0.29, 0.717) is 28.1 Å². The number of ketones is 1. The highest BCUT2D eigenvalue weighted by atomic mass is 16.4. The fourth-order valence-electron chi connectivity index (χ4n) is 2.41. The SMILES string of the molecule is Cc1nc(C)c(C(=O)c2ccccc2)c(C)c1C(=O)O. The zero-order valence-corrected chi connectivity index (χ0v) is 11.6. The number of carboxylic acids is 1. The lowest BCUT2D eigenvalue weighted by Crippen LogP contribution is -2.14. The Hall–Kier alpha value is -2.49. The Balaban J connectivity index is 2.66. The molecule has 4 nitrogen and oxygen atoms in total. The van der Waals surface area contributed by atoms with Crippen molar-refractivity contribution in [3.05, 3.63) is 64.0 Å². The summed E-state index contributed by atoms with van der Waals surface area (Å²) >= 11 is 0. The molecule has 1 aromatic heterocycles. The second-order valence-corrected chi connectivity index (χ2v) is 4.66. The normalized spacial score (nSPS) is 10.3. The van der Waals surface area contributed by atoms with Crippen molar-refractivity contribution in [2.45, 2.75) is 20.8 Å². The van der Waals surface area contributed by atoms with Gasteiger partial charge < -0.3 is 5.11 Å². The van der Waals surface area contributed by atoms with Crippen LogP contribution in [0.25, 0.3) is 0 Å². The van der Waals surface area contributed by atoms with E-state index >= 15 is 0 Å². The molecule has 0 bridgehead atoms. The maximum absolute atomic E-state index is 12.5. The van der Waals surface area contributed by atoms with Crippen LogP contribution in [0.1, 0.15) is 43.2 Å². The van der Waals surface area contributed by atoms with Gasteiger partial charge >= 0.3 is 5.97 Å². The van der Waals surface area contributed by atoms with Crippen LogP contribution < -0.4 is 0 Å². The van der Waals surface area contributed by atoms with Crippen LogP contribution >= 0.6 is 0 Å². The van der Waals surface area contributed by atoms with E-state index in [2.05, 4.69) is 4.98 Å². The molecule has 0 radical (unpaired) electrons. The Bertz CT molecular complexity index is 691. The van der Waals surface area contributed by atoms with Crippen molar-refractivity contribution in [3.63, 3.8) is 0 Å². The number of carbonyl (C=O) groups excluding carboxylic acids is 1. The van der Waals surface area contributed by atoms with Crippen molar-refractivity contribution in [1.29, 1.82) is 0 Å². The first-order valence-corrected chi connectivity index (χ1v) is 6.24. The zero-order chi connectivity index (χ0) is 14.9. The van der Waals surface area contributed by atoms with Gasteiger partial charge in [0.15, 0.2) is 5.78 Å². The molecule has 0 saturated heterocycles. The van der Waals surface area contributed by atoms with Crippen LogP contribution in [0.3, 0.4) is 0 Å². The molecular weight excluding hydrogens is 254 g/mol. The quantitative estimate of drug-likeness (QED) is 0.870. The van der Waals surface area contributed by atoms with Gasteiger partial charge in [0.2, 0.25) is 0 Å². The fourth-order valence-corrected chi connectivity index (χ4v) is 2.41. The van der Waals surface area contributed by atoms with E-state index < -0.39 is 5.97 Å². The number of carboxylic acid groups (broad SMARTS) is 1. The van der Waals surface area contributed by atoms with Crippen LogP contribution in [-0.4, -0.2) is 21.8 Å². The molecule has 1 N–H and O–H groups in total. The van der Waals surface area contributed by atoms with Gasteiger partial charge in [-0.1, -0.05) is 30.3 Å². The molecule has 102 valence electrons. The molecule has 4 heteroatoms. The topological polar surface area (TPSA) is 67.3 Å². The molecule has 20 heavy (non-hydrogen) atoms. The van der Waals surface area contributed by atoms with Crippen LogP contribution in [0.5, 0.6) is 0 Å². The summed E-state index contributed by atoms with van der Waals surface area (Å²) in [6.45, 7) is 5.02. The number of carbonyl (C=O) groups is 2. The molecule has 0 fully saturated rings. The highest BCUT2D eigenvalue weighted by molar-refractivity contribution is 6.11. The summed E-state index contributed by atoms with van der Waals surface area (Å²) in [5.41, 5.74) is 2.46. The minimum atomic E-state index is -1.06. The molecule has 0 amide bonds. The molecule has 0 spiro atoms. The Kier molecular flexibility index (Phi) is 3.66. The van der Waals surface area contributed by atoms with Gasteiger partial charge in [-0.15, -0.1) is 0 Å². The monoisotopic (exact) mass is 269 g/mol. The molecule has 0 atom stereocenters. The standard InChI is InChI=1S/C16H15NO3/c1-9-13(15(18)12-7-5-4-6-8-12)10(2)17-11(3)14(9)16(19)20/h4-8H,1-3H3,(H,19,20). The molecule has 0 aliphatic rings. The van der Waals surface area contributed by atoms with Gasteiger partial charge in [0, 0.05) is 16.8 Å². The predicted molar refractivity (Wildman–Crippen MR) is 75.3 cm³/mol. The van der Waals surface area contributed by atoms with Gasteiger partial charge in [0.1, 0.15) is 0 Å². The fraction of sp³-hybridized carbons (Fsp3) is 0.188. The molecule has 1 heterocycles. The minimum Gasteiger partial charge on any atom is -0.478 e. The van der Waals surface area contributed by atoms with Gasteiger partial charge in [-0.2, -0.15) is 0 Å². The second kappa shape index (κ2) is 5.25. The zero-order valence-electron chi connectivity index (χ0n) is 11.6. The summed E-state index contributed by atoms with van der Waals surface area (Å²) in [6.07, 6.45) is 0. The molecular formula is C16H15NO3. The van der Waals surface area contributed by atoms with Crippen molar-refractivity contribution < 1.29 is 14.7 Å². The molecule has 0 aliphatic heterocycles. The summed E-state index contributed by atoms with van der Waals surface area (Å²) in [5, 5.41) is 9.26. The summed E-state index contributed by atoms with van der Waals surface area (Å²) < 4.78 is 0. The number of aryl methyl sites for hydroxylation is 2. The largest absolute Gasteiger partial charge is 0.478 e. The summed E-state index contributed by atoms with van der Waals surface area (Å²) in [7, 11) is 0. The second-order valence-electron chi connectivity index (χ2n) is 4.66. The molecule has 2 aromatic rings. The number of rotatable bonds is 3. The molecule has 0 saturated carbocycles. The van der Waals surface area contributed by atoms with Crippen LogP contribution in [0, 0.1) is 20.8 Å². The van der Waals surface area contributed by atoms with Crippen LogP contribution in [-0.2, 0) is 0 Å². The van der Waals surface area contributed by atoms with Crippen LogP contribution in [0.4, 0.5) is 0 Å². The van der Waals surface area contributed by atoms with Crippen molar-refractivity contribution in [3.8, 4) is 0 Å². The van der Waals surface area contributed by atoms with Crippen molar-refractivity contribution in [1.82, 2.24) is 4.98 Å². The first kappa shape index (κ1) is 13.9. The Morgan fingerprint density at radius 2 is 1.50 bits per heavy atom. The number of benzene rings is 1. The maximum atomic E-state index is 12.5. The number of nitrogens with zero attached hydrogens (tertiary/aromatic N) is 1. The van der Waals surface area contributed by atoms with Crippen LogP contribution in [0.2, 0.25) is 0 Å². The third-order valence-corrected chi connectivity index (χ3v) is 3.29. The highest BCUT2D eigenvalue weighted by Crippen LogP contribution is 2.22. The van der Waals surface area contributed by atoms with Crippen molar-refractivity contribution >= 4 is 11.8 Å². The number of pyridine rings is 1. The maximum Gasteiger partial charge on any atom is 0.337 e. The third-order valence-electron chi connectivity index (χ3n) is 3.29. The van der Waals surface area contributed by atoms with Gasteiger partial charge in [-0.05, 0) is 26.3 Å². The average Bonchev–Trinajstić information content (AvgIpc) is 2.38. The first-order valence-electron chi connectivity index (χ1n) is 6.24. The first-order chi connectivity index (χ1) is 9.43. The van der Waals surface area contributed by atoms with E-state index in [1.54, 1.807) is 45.0 Å². The Labute approximate surface area is 117 Å². The van der Waals surface area contributed by atoms with E-state index in [-0.39, 0.29) is 11.3 Å². The lowest BCUT2D eigenvalue weighted by atomic mass is 9.94. The lowest BCUT2D eigenvalue weighted by molar-refractivity contribution is 0.0694. The van der Waals surface area contributed by atoms with Crippen molar-refractivity contribution in [2.75, 3.05) is 0 Å². The van der Waals surface area contributed by atoms with E-state index in [0.717, 1.165) is 0 Å². The van der Waals surface area contributed by atoms with Crippen molar-refractivity contribution in [2.24, 2.45) is 0 Å². The number of aromatic carboxylic acids is 1. The average molecular weight is 269 g/mol. The summed E-state index contributed by atoms with van der Waals surface area (Å²) in [5.74, 6) is -1.26. The van der Waals surface area contributed by atoms with E-state index in [1.165, 1.54) is 0 Å². The lowest BCUT2D eigenvalue weighted by Gasteiger charge is -2.13. The Morgan fingerprint density at radius 1 is 0.950 bits per heavy atom. The number of hydrogen-bond acceptors (Lipinski definition) is 3.